The van der Waals surface area contributed by atoms with Crippen LogP contribution in [0.5, 0.6) is 0 Å². The molecule has 5 nitrogen and oxygen atoms in total. The van der Waals surface area contributed by atoms with Gasteiger partial charge < -0.3 is 4.90 Å². The highest BCUT2D eigenvalue weighted by Gasteiger charge is 2.30. The molecule has 32 heavy (non-hydrogen) atoms. The molecule has 5 rings (SSSR count). The Balaban J connectivity index is 1.37. The topological polar surface area (TPSA) is 58.5 Å². The molecule has 3 aliphatic rings. The summed E-state index contributed by atoms with van der Waals surface area (Å²) in [6.07, 6.45) is 11.8. The molecule has 2 aromatic heterocycles. The monoisotopic (exact) mass is 428 g/mol. The molecule has 0 saturated heterocycles. The number of hydrogen-bond donors (Lipinski definition) is 0. The van der Waals surface area contributed by atoms with Crippen molar-refractivity contribution in [3.63, 3.8) is 0 Å². The van der Waals surface area contributed by atoms with E-state index in [-0.39, 0.29) is 11.7 Å². The summed E-state index contributed by atoms with van der Waals surface area (Å²) in [7, 11) is 0. The molecule has 6 heteroatoms. The number of halogens is 1. The second-order valence-electron chi connectivity index (χ2n) is 8.61. The predicted molar refractivity (Wildman–Crippen MR) is 123 cm³/mol. The molecule has 1 fully saturated rings. The molecule has 162 valence electrons. The van der Waals surface area contributed by atoms with Gasteiger partial charge in [0.15, 0.2) is 0 Å². The summed E-state index contributed by atoms with van der Waals surface area (Å²) in [4.78, 5) is 28.8. The average Bonchev–Trinajstić information content (AvgIpc) is 3.55. The molecule has 2 aromatic rings. The Labute approximate surface area is 187 Å². The van der Waals surface area contributed by atoms with Gasteiger partial charge in [-0.25, -0.2) is 4.39 Å². The van der Waals surface area contributed by atoms with E-state index in [9.17, 15) is 9.18 Å². The number of pyridine rings is 2. The molecule has 3 heterocycles. The summed E-state index contributed by atoms with van der Waals surface area (Å²) >= 11 is 0. The van der Waals surface area contributed by atoms with E-state index < -0.39 is 0 Å². The maximum atomic E-state index is 13.8. The smallest absolute Gasteiger partial charge is 0.273 e. The van der Waals surface area contributed by atoms with E-state index >= 15 is 0 Å². The molecule has 0 bridgehead atoms. The summed E-state index contributed by atoms with van der Waals surface area (Å²) in [5, 5.41) is 0. The van der Waals surface area contributed by atoms with E-state index in [1.807, 2.05) is 42.3 Å². The van der Waals surface area contributed by atoms with Crippen molar-refractivity contribution in [2.75, 3.05) is 13.1 Å². The molecule has 0 N–H and O–H groups in total. The van der Waals surface area contributed by atoms with Crippen LogP contribution in [-0.2, 0) is 0 Å². The van der Waals surface area contributed by atoms with E-state index in [1.54, 1.807) is 24.5 Å². The zero-order chi connectivity index (χ0) is 22.1. The molecule has 1 aliphatic heterocycles. The molecular formula is C26H25FN4O. The number of fused-ring (bicyclic) bond motifs is 1. The third-order valence-corrected chi connectivity index (χ3v) is 6.15. The minimum Gasteiger partial charge on any atom is -0.337 e. The highest BCUT2D eigenvalue weighted by atomic mass is 19.1. The van der Waals surface area contributed by atoms with Crippen LogP contribution in [0.4, 0.5) is 4.39 Å². The Morgan fingerprint density at radius 1 is 1.22 bits per heavy atom. The van der Waals surface area contributed by atoms with Crippen LogP contribution in [0.1, 0.15) is 41.9 Å². The van der Waals surface area contributed by atoms with Crippen LogP contribution in [0.3, 0.4) is 0 Å². The van der Waals surface area contributed by atoms with E-state index in [0.29, 0.717) is 31.0 Å². The van der Waals surface area contributed by atoms with Gasteiger partial charge in [-0.3, -0.25) is 19.8 Å². The van der Waals surface area contributed by atoms with Crippen LogP contribution in [0, 0.1) is 12.8 Å². The van der Waals surface area contributed by atoms with E-state index in [1.165, 1.54) is 0 Å². The molecule has 1 saturated carbocycles. The van der Waals surface area contributed by atoms with Crippen molar-refractivity contribution in [2.45, 2.75) is 32.6 Å². The Morgan fingerprint density at radius 3 is 2.88 bits per heavy atom. The van der Waals surface area contributed by atoms with Crippen molar-refractivity contribution >= 4 is 11.6 Å². The lowest BCUT2D eigenvalue weighted by Crippen LogP contribution is -2.35. The van der Waals surface area contributed by atoms with Gasteiger partial charge in [-0.1, -0.05) is 12.1 Å². The number of aryl methyl sites for hydroxylation is 1. The van der Waals surface area contributed by atoms with Crippen molar-refractivity contribution in [2.24, 2.45) is 10.9 Å². The summed E-state index contributed by atoms with van der Waals surface area (Å²) < 4.78 is 13.8. The average molecular weight is 429 g/mol. The fraction of sp³-hybridized carbons (Fsp3) is 0.308. The molecule has 0 spiro atoms. The quantitative estimate of drug-likeness (QED) is 0.608. The first-order chi connectivity index (χ1) is 15.6. The highest BCUT2D eigenvalue weighted by Crippen LogP contribution is 2.33. The maximum Gasteiger partial charge on any atom is 0.273 e. The van der Waals surface area contributed by atoms with Crippen LogP contribution in [0.2, 0.25) is 0 Å². The largest absolute Gasteiger partial charge is 0.337 e. The molecule has 1 amide bonds. The van der Waals surface area contributed by atoms with E-state index in [0.717, 1.165) is 53.1 Å². The Hall–Kier alpha value is -3.41. The molecule has 2 aliphatic carbocycles. The van der Waals surface area contributed by atoms with Crippen molar-refractivity contribution < 1.29 is 9.18 Å². The minimum absolute atomic E-state index is 0.0727. The number of hydrogen-bond acceptors (Lipinski definition) is 4. The van der Waals surface area contributed by atoms with Crippen LogP contribution >= 0.6 is 0 Å². The lowest BCUT2D eigenvalue weighted by Gasteiger charge is -2.24. The lowest BCUT2D eigenvalue weighted by atomic mass is 9.95. The molecule has 0 atom stereocenters. The Bertz CT molecular complexity index is 1170. The van der Waals surface area contributed by atoms with Gasteiger partial charge in [-0.15, -0.1) is 0 Å². The Morgan fingerprint density at radius 2 is 2.09 bits per heavy atom. The first kappa shape index (κ1) is 20.5. The van der Waals surface area contributed by atoms with Crippen LogP contribution in [0.15, 0.2) is 77.0 Å². The van der Waals surface area contributed by atoms with Crippen molar-refractivity contribution in [1.82, 2.24) is 14.9 Å². The number of aliphatic imine (C=N–C) groups is 1. The number of rotatable bonds is 7. The zero-order valence-corrected chi connectivity index (χ0v) is 18.1. The number of carbonyl (C=O) groups is 1. The normalized spacial score (nSPS) is 17.2. The second-order valence-corrected chi connectivity index (χ2v) is 8.61. The second kappa shape index (κ2) is 8.61. The van der Waals surface area contributed by atoms with Gasteiger partial charge >= 0.3 is 0 Å². The van der Waals surface area contributed by atoms with Gasteiger partial charge in [0.05, 0.1) is 5.71 Å². The van der Waals surface area contributed by atoms with Crippen LogP contribution in [0.25, 0.3) is 11.1 Å². The zero-order valence-electron chi connectivity index (χ0n) is 18.1. The van der Waals surface area contributed by atoms with Gasteiger partial charge in [0.1, 0.15) is 11.5 Å². The van der Waals surface area contributed by atoms with Gasteiger partial charge in [-0.2, -0.15) is 0 Å². The number of amides is 1. The number of allylic oxidation sites excluding steroid dienone is 4. The first-order valence-corrected chi connectivity index (χ1v) is 11.1. The molecule has 0 unspecified atom stereocenters. The lowest BCUT2D eigenvalue weighted by molar-refractivity contribution is 0.0745. The van der Waals surface area contributed by atoms with Crippen molar-refractivity contribution in [3.05, 3.63) is 83.4 Å². The SMILES string of the molecule is Cc1ccc(-c2cccnc2C(=O)N(CCC2=CN=C3CC=C(F)C=C23)CC2CC2)cn1. The Kier molecular flexibility index (Phi) is 5.52. The van der Waals surface area contributed by atoms with E-state index in [4.69, 9.17) is 0 Å². The highest BCUT2D eigenvalue weighted by molar-refractivity contribution is 6.08. The van der Waals surface area contributed by atoms with Gasteiger partial charge in [0, 0.05) is 60.5 Å². The maximum absolute atomic E-state index is 13.8. The van der Waals surface area contributed by atoms with Gasteiger partial charge in [-0.05, 0) is 62.0 Å². The third-order valence-electron chi connectivity index (χ3n) is 6.15. The summed E-state index contributed by atoms with van der Waals surface area (Å²) in [5.74, 6) is 0.254. The number of aromatic nitrogens is 2. The first-order valence-electron chi connectivity index (χ1n) is 11.1. The number of nitrogens with zero attached hydrogens (tertiary/aromatic N) is 4. The van der Waals surface area contributed by atoms with Gasteiger partial charge in [0.25, 0.3) is 5.91 Å². The van der Waals surface area contributed by atoms with E-state index in [2.05, 4.69) is 15.0 Å². The predicted octanol–water partition coefficient (Wildman–Crippen LogP) is 5.22. The fourth-order valence-electron chi connectivity index (χ4n) is 4.14. The fourth-order valence-corrected chi connectivity index (χ4v) is 4.14. The summed E-state index contributed by atoms with van der Waals surface area (Å²) in [6.45, 7) is 3.21. The van der Waals surface area contributed by atoms with Crippen molar-refractivity contribution in [1.29, 1.82) is 0 Å². The molecule has 0 radical (unpaired) electrons. The number of carbonyl (C=O) groups excluding carboxylic acids is 1. The van der Waals surface area contributed by atoms with Crippen molar-refractivity contribution in [3.8, 4) is 11.1 Å². The van der Waals surface area contributed by atoms with Crippen LogP contribution < -0.4 is 0 Å². The minimum atomic E-state index is -0.220. The standard InChI is InChI=1S/C26H25FN4O/c1-17-4-7-19(14-29-17)22-3-2-11-28-25(22)26(32)31(16-18-5-6-18)12-10-20-15-30-24-9-8-21(27)13-23(20)24/h2-4,7-8,11,13-15,18H,5-6,9-10,12,16H2,1H3. The van der Waals surface area contributed by atoms with Gasteiger partial charge in [0.2, 0.25) is 0 Å². The summed E-state index contributed by atoms with van der Waals surface area (Å²) in [6, 6.07) is 7.68. The molecule has 0 aromatic carbocycles. The molecular weight excluding hydrogens is 403 g/mol. The van der Waals surface area contributed by atoms with Crippen LogP contribution in [-0.4, -0.2) is 39.6 Å². The third kappa shape index (κ3) is 4.31. The summed E-state index contributed by atoms with van der Waals surface area (Å²) in [5.41, 5.74) is 5.80.